The molecular weight excluding hydrogens is 384 g/mol. The van der Waals surface area contributed by atoms with Crippen LogP contribution in [0.2, 0.25) is 5.02 Å². The molecule has 146 valence electrons. The highest BCUT2D eigenvalue weighted by atomic mass is 35.5. The second-order valence-electron chi connectivity index (χ2n) is 7.02. The van der Waals surface area contributed by atoms with E-state index in [0.717, 1.165) is 11.4 Å². The number of carbonyl (C=O) groups excluding carboxylic acids is 3. The number of imide groups is 1. The molecule has 0 unspecified atom stereocenters. The highest BCUT2D eigenvalue weighted by Gasteiger charge is 2.59. The van der Waals surface area contributed by atoms with Gasteiger partial charge in [-0.05, 0) is 48.9 Å². The number of hydrazone groups is 1. The molecule has 2 fully saturated rings. The van der Waals surface area contributed by atoms with E-state index >= 15 is 0 Å². The molecular formula is C20H19ClN2O5. The quantitative estimate of drug-likeness (QED) is 0.316. The molecule has 4 atom stereocenters. The molecule has 3 aliphatic rings. The number of benzene rings is 1. The van der Waals surface area contributed by atoms with Crippen LogP contribution in [0.15, 0.2) is 35.5 Å². The number of hydrogen-bond donors (Lipinski definition) is 0. The average Bonchev–Trinajstić information content (AvgIpc) is 3.34. The second kappa shape index (κ2) is 7.39. The Kier molecular flexibility index (Phi) is 4.93. The number of fused-ring (bicyclic) bond motifs is 5. The van der Waals surface area contributed by atoms with Gasteiger partial charge in [-0.15, -0.1) is 0 Å². The Balaban J connectivity index is 1.43. The summed E-state index contributed by atoms with van der Waals surface area (Å²) in [6, 6.07) is 4.85. The van der Waals surface area contributed by atoms with Gasteiger partial charge in [0.1, 0.15) is 5.75 Å². The zero-order valence-corrected chi connectivity index (χ0v) is 16.0. The first kappa shape index (κ1) is 18.7. The molecule has 0 aromatic heterocycles. The van der Waals surface area contributed by atoms with Crippen LogP contribution < -0.4 is 4.74 Å². The van der Waals surface area contributed by atoms with Crippen molar-refractivity contribution in [2.45, 2.75) is 13.3 Å². The van der Waals surface area contributed by atoms with Crippen LogP contribution in [0.25, 0.3) is 0 Å². The average molecular weight is 403 g/mol. The lowest BCUT2D eigenvalue weighted by molar-refractivity contribution is -0.145. The molecule has 1 aromatic carbocycles. The molecule has 2 amide bonds. The van der Waals surface area contributed by atoms with Gasteiger partial charge in [0.15, 0.2) is 6.61 Å². The topological polar surface area (TPSA) is 85.3 Å². The van der Waals surface area contributed by atoms with Crippen LogP contribution in [0.1, 0.15) is 18.9 Å². The minimum absolute atomic E-state index is 0.150. The zero-order chi connectivity index (χ0) is 19.8. The van der Waals surface area contributed by atoms with Crippen molar-refractivity contribution in [1.82, 2.24) is 5.01 Å². The summed E-state index contributed by atoms with van der Waals surface area (Å²) in [7, 11) is 0. The van der Waals surface area contributed by atoms with Crippen LogP contribution in [0.4, 0.5) is 0 Å². The third-order valence-corrected chi connectivity index (χ3v) is 5.67. The highest BCUT2D eigenvalue weighted by Crippen LogP contribution is 2.52. The van der Waals surface area contributed by atoms with Crippen molar-refractivity contribution in [3.8, 4) is 5.75 Å². The molecule has 28 heavy (non-hydrogen) atoms. The van der Waals surface area contributed by atoms with Crippen molar-refractivity contribution >= 4 is 35.6 Å². The molecule has 0 radical (unpaired) electrons. The maximum absolute atomic E-state index is 12.6. The van der Waals surface area contributed by atoms with Crippen LogP contribution in [-0.4, -0.2) is 42.2 Å². The summed E-state index contributed by atoms with van der Waals surface area (Å²) >= 11 is 6.17. The number of amides is 2. The van der Waals surface area contributed by atoms with Gasteiger partial charge in [0, 0.05) is 0 Å². The summed E-state index contributed by atoms with van der Waals surface area (Å²) in [6.45, 7) is 1.75. The van der Waals surface area contributed by atoms with Gasteiger partial charge in [-0.3, -0.25) is 9.59 Å². The predicted molar refractivity (Wildman–Crippen MR) is 101 cm³/mol. The minimum Gasteiger partial charge on any atom is -0.480 e. The van der Waals surface area contributed by atoms with Gasteiger partial charge >= 0.3 is 5.97 Å². The van der Waals surface area contributed by atoms with Gasteiger partial charge in [0.2, 0.25) is 0 Å². The lowest BCUT2D eigenvalue weighted by atomic mass is 9.85. The lowest BCUT2D eigenvalue weighted by Crippen LogP contribution is -2.28. The van der Waals surface area contributed by atoms with Crippen LogP contribution in [0, 0.1) is 23.7 Å². The molecule has 0 spiro atoms. The maximum atomic E-state index is 12.6. The molecule has 4 rings (SSSR count). The molecule has 7 nitrogen and oxygen atoms in total. The van der Waals surface area contributed by atoms with Gasteiger partial charge in [-0.1, -0.05) is 23.8 Å². The summed E-state index contributed by atoms with van der Waals surface area (Å²) in [5, 5.41) is 5.38. The van der Waals surface area contributed by atoms with E-state index in [-0.39, 0.29) is 53.7 Å². The Morgan fingerprint density at radius 1 is 1.25 bits per heavy atom. The standard InChI is InChI=1S/C20H19ClN2O5/c1-2-27-16(24)10-28-15-6-3-11(7-14(15)21)9-22-23-19(25)17-12-4-5-13(8-12)18(17)20(23)26/h3-7,9,12-13,17-18H,2,8,10H2,1H3/t12-,13-,17-,18+/m0/s1. The molecule has 1 aliphatic heterocycles. The largest absolute Gasteiger partial charge is 0.480 e. The van der Waals surface area contributed by atoms with Gasteiger partial charge < -0.3 is 9.47 Å². The number of rotatable bonds is 6. The summed E-state index contributed by atoms with van der Waals surface area (Å²) in [5.41, 5.74) is 0.604. The number of carbonyl (C=O) groups is 3. The van der Waals surface area contributed by atoms with Crippen molar-refractivity contribution in [2.24, 2.45) is 28.8 Å². The van der Waals surface area contributed by atoms with E-state index in [0.29, 0.717) is 11.3 Å². The third kappa shape index (κ3) is 3.20. The first-order valence-corrected chi connectivity index (χ1v) is 9.55. The Morgan fingerprint density at radius 3 is 2.54 bits per heavy atom. The van der Waals surface area contributed by atoms with E-state index in [1.54, 1.807) is 25.1 Å². The smallest absolute Gasteiger partial charge is 0.344 e. The fraction of sp³-hybridized carbons (Fsp3) is 0.400. The summed E-state index contributed by atoms with van der Waals surface area (Å²) in [6.07, 6.45) is 6.39. The number of esters is 1. The molecule has 2 bridgehead atoms. The number of ether oxygens (including phenoxy) is 2. The summed E-state index contributed by atoms with van der Waals surface area (Å²) in [5.74, 6) is -0.869. The lowest BCUT2D eigenvalue weighted by Gasteiger charge is -2.13. The summed E-state index contributed by atoms with van der Waals surface area (Å²) < 4.78 is 10.1. The maximum Gasteiger partial charge on any atom is 0.344 e. The summed E-state index contributed by atoms with van der Waals surface area (Å²) in [4.78, 5) is 36.6. The fourth-order valence-electron chi connectivity index (χ4n) is 4.18. The van der Waals surface area contributed by atoms with Crippen molar-refractivity contribution < 1.29 is 23.9 Å². The first-order chi connectivity index (χ1) is 13.5. The second-order valence-corrected chi connectivity index (χ2v) is 7.42. The van der Waals surface area contributed by atoms with E-state index < -0.39 is 5.97 Å². The van der Waals surface area contributed by atoms with Gasteiger partial charge in [-0.25, -0.2) is 4.79 Å². The molecule has 1 aromatic rings. The Morgan fingerprint density at radius 2 is 1.93 bits per heavy atom. The van der Waals surface area contributed by atoms with Crippen molar-refractivity contribution in [2.75, 3.05) is 13.2 Å². The van der Waals surface area contributed by atoms with Gasteiger partial charge in [0.25, 0.3) is 11.8 Å². The Labute approximate surface area is 166 Å². The minimum atomic E-state index is -0.482. The fourth-order valence-corrected chi connectivity index (χ4v) is 4.42. The highest BCUT2D eigenvalue weighted by molar-refractivity contribution is 6.32. The number of nitrogens with zero attached hydrogens (tertiary/aromatic N) is 2. The Hall–Kier alpha value is -2.67. The van der Waals surface area contributed by atoms with Gasteiger partial charge in [0.05, 0.1) is 29.7 Å². The zero-order valence-electron chi connectivity index (χ0n) is 15.2. The van der Waals surface area contributed by atoms with E-state index in [2.05, 4.69) is 5.10 Å². The van der Waals surface area contributed by atoms with Gasteiger partial charge in [-0.2, -0.15) is 10.1 Å². The van der Waals surface area contributed by atoms with Crippen molar-refractivity contribution in [3.63, 3.8) is 0 Å². The van der Waals surface area contributed by atoms with Crippen molar-refractivity contribution in [1.29, 1.82) is 0 Å². The van der Waals surface area contributed by atoms with Crippen LogP contribution >= 0.6 is 11.6 Å². The number of allylic oxidation sites excluding steroid dienone is 2. The van der Waals surface area contributed by atoms with E-state index in [4.69, 9.17) is 21.1 Å². The molecule has 0 N–H and O–H groups in total. The normalized spacial score (nSPS) is 27.7. The van der Waals surface area contributed by atoms with E-state index in [1.165, 1.54) is 6.21 Å². The van der Waals surface area contributed by atoms with E-state index in [9.17, 15) is 14.4 Å². The monoisotopic (exact) mass is 402 g/mol. The first-order valence-electron chi connectivity index (χ1n) is 9.17. The molecule has 1 saturated carbocycles. The number of hydrogen-bond acceptors (Lipinski definition) is 6. The van der Waals surface area contributed by atoms with Crippen LogP contribution in [-0.2, 0) is 19.1 Å². The van der Waals surface area contributed by atoms with E-state index in [1.807, 2.05) is 12.2 Å². The molecule has 2 aliphatic carbocycles. The van der Waals surface area contributed by atoms with Crippen molar-refractivity contribution in [3.05, 3.63) is 40.9 Å². The van der Waals surface area contributed by atoms with Crippen LogP contribution in [0.5, 0.6) is 5.75 Å². The Bertz CT molecular complexity index is 867. The van der Waals surface area contributed by atoms with Crippen LogP contribution in [0.3, 0.4) is 0 Å². The number of halogens is 1. The molecule has 8 heteroatoms. The third-order valence-electron chi connectivity index (χ3n) is 5.38. The molecule has 1 heterocycles. The SMILES string of the molecule is CCOC(=O)COc1ccc(C=NN2C(=O)[C@@H]3[C@H](C2=O)[C@H]2C=C[C@H]3C2)cc1Cl. The molecule has 1 saturated heterocycles. The predicted octanol–water partition coefficient (Wildman–Crippen LogP) is 2.42.